The zero-order valence-corrected chi connectivity index (χ0v) is 18.8. The smallest absolute Gasteiger partial charge is 0.284 e. The Hall–Kier alpha value is -2.46. The Labute approximate surface area is 183 Å². The number of carbonyl (C=O) groups excluding carboxylic acids is 1. The zero-order valence-electron chi connectivity index (χ0n) is 16.4. The number of amides is 1. The van der Waals surface area contributed by atoms with E-state index in [1.165, 1.54) is 43.3 Å². The summed E-state index contributed by atoms with van der Waals surface area (Å²) in [7, 11) is -2.09. The Kier molecular flexibility index (Phi) is 6.77. The van der Waals surface area contributed by atoms with Gasteiger partial charge in [0.05, 0.1) is 9.37 Å². The van der Waals surface area contributed by atoms with Gasteiger partial charge < -0.3 is 15.0 Å². The Balaban J connectivity index is 1.72. The number of carbonyl (C=O) groups is 1. The molecule has 0 bridgehead atoms. The maximum absolute atomic E-state index is 13.2. The number of halogens is 2. The summed E-state index contributed by atoms with van der Waals surface area (Å²) < 4.78 is 48.3. The van der Waals surface area contributed by atoms with Crippen molar-refractivity contribution in [3.63, 3.8) is 0 Å². The van der Waals surface area contributed by atoms with Crippen LogP contribution >= 0.6 is 15.9 Å². The number of rotatable bonds is 6. The van der Waals surface area contributed by atoms with E-state index < -0.39 is 27.9 Å². The monoisotopic (exact) mass is 497 g/mol. The first-order valence-corrected chi connectivity index (χ1v) is 11.5. The van der Waals surface area contributed by atoms with Gasteiger partial charge in [-0.05, 0) is 65.7 Å². The topological polar surface area (TPSA) is 88.1 Å². The molecule has 1 saturated heterocycles. The highest BCUT2D eigenvalue weighted by atomic mass is 79.9. The molecule has 1 fully saturated rings. The Bertz CT molecular complexity index is 1090. The van der Waals surface area contributed by atoms with Crippen LogP contribution in [0.2, 0.25) is 0 Å². The quantitative estimate of drug-likeness (QED) is 0.655. The molecule has 1 heterocycles. The molecule has 0 aromatic heterocycles. The van der Waals surface area contributed by atoms with Gasteiger partial charge in [-0.1, -0.05) is 6.07 Å². The van der Waals surface area contributed by atoms with E-state index in [1.807, 2.05) is 4.90 Å². The second-order valence-corrected chi connectivity index (χ2v) is 9.32. The summed E-state index contributed by atoms with van der Waals surface area (Å²) in [4.78, 5) is 14.3. The van der Waals surface area contributed by atoms with Gasteiger partial charge >= 0.3 is 0 Å². The molecule has 1 atom stereocenters. The third-order valence-electron chi connectivity index (χ3n) is 4.53. The van der Waals surface area contributed by atoms with Crippen molar-refractivity contribution in [3.05, 3.63) is 52.8 Å². The molecule has 0 spiro atoms. The van der Waals surface area contributed by atoms with Crippen molar-refractivity contribution in [2.75, 3.05) is 18.9 Å². The van der Waals surface area contributed by atoms with E-state index in [0.717, 1.165) is 13.0 Å². The minimum Gasteiger partial charge on any atom is -0.480 e. The number of hydrogen-bond donors (Lipinski definition) is 1. The van der Waals surface area contributed by atoms with Crippen LogP contribution in [0.25, 0.3) is 0 Å². The van der Waals surface area contributed by atoms with Gasteiger partial charge in [0.15, 0.2) is 6.10 Å². The van der Waals surface area contributed by atoms with E-state index in [2.05, 4.69) is 25.6 Å². The van der Waals surface area contributed by atoms with Gasteiger partial charge in [-0.15, -0.1) is 4.40 Å². The lowest BCUT2D eigenvalue weighted by atomic mass is 10.3. The predicted molar refractivity (Wildman–Crippen MR) is 116 cm³/mol. The average Bonchev–Trinajstić information content (AvgIpc) is 3.08. The van der Waals surface area contributed by atoms with Crippen molar-refractivity contribution in [2.45, 2.75) is 30.8 Å². The fourth-order valence-corrected chi connectivity index (χ4v) is 4.48. The van der Waals surface area contributed by atoms with Crippen molar-refractivity contribution < 1.29 is 22.3 Å². The maximum Gasteiger partial charge on any atom is 0.284 e. The van der Waals surface area contributed by atoms with Crippen molar-refractivity contribution in [3.8, 4) is 5.75 Å². The number of likely N-dealkylation sites (tertiary alicyclic amines) is 1. The van der Waals surface area contributed by atoms with E-state index in [4.69, 9.17) is 4.74 Å². The third kappa shape index (κ3) is 5.37. The van der Waals surface area contributed by atoms with Crippen molar-refractivity contribution >= 4 is 43.4 Å². The first-order valence-electron chi connectivity index (χ1n) is 9.23. The molecular formula is C20H21BrFN3O4S. The lowest BCUT2D eigenvalue weighted by Gasteiger charge is -2.16. The van der Waals surface area contributed by atoms with Gasteiger partial charge in [-0.2, -0.15) is 8.42 Å². The van der Waals surface area contributed by atoms with Crippen LogP contribution in [0.4, 0.5) is 10.1 Å². The molecule has 0 saturated carbocycles. The molecule has 1 unspecified atom stereocenters. The average molecular weight is 498 g/mol. The van der Waals surface area contributed by atoms with Crippen LogP contribution in [0.3, 0.4) is 0 Å². The highest BCUT2D eigenvalue weighted by molar-refractivity contribution is 9.10. The van der Waals surface area contributed by atoms with Crippen molar-refractivity contribution in [1.82, 2.24) is 4.90 Å². The molecule has 1 amide bonds. The van der Waals surface area contributed by atoms with Crippen LogP contribution in [-0.2, 0) is 14.8 Å². The number of sulfonamides is 1. The summed E-state index contributed by atoms with van der Waals surface area (Å²) in [5, 5.41) is 2.63. The Morgan fingerprint density at radius 2 is 2.07 bits per heavy atom. The summed E-state index contributed by atoms with van der Waals surface area (Å²) in [6.07, 6.45) is 0.572. The number of anilines is 1. The SMILES string of the molecule is CC(Oc1ccc(F)cc1Br)C(=O)Nc1cccc(S(=O)(=O)N=C2CCCN2C)c1. The molecule has 30 heavy (non-hydrogen) atoms. The second kappa shape index (κ2) is 9.13. The van der Waals surface area contributed by atoms with Crippen LogP contribution in [0.1, 0.15) is 19.8 Å². The molecular weight excluding hydrogens is 477 g/mol. The largest absolute Gasteiger partial charge is 0.480 e. The molecule has 7 nitrogen and oxygen atoms in total. The summed E-state index contributed by atoms with van der Waals surface area (Å²) in [5.41, 5.74) is 0.301. The van der Waals surface area contributed by atoms with Gasteiger partial charge in [-0.25, -0.2) is 4.39 Å². The second-order valence-electron chi connectivity index (χ2n) is 6.86. The van der Waals surface area contributed by atoms with Crippen LogP contribution in [0, 0.1) is 5.82 Å². The molecule has 1 aliphatic heterocycles. The van der Waals surface area contributed by atoms with Gasteiger partial charge in [0.2, 0.25) is 0 Å². The number of nitrogens with zero attached hydrogens (tertiary/aromatic N) is 2. The van der Waals surface area contributed by atoms with Crippen LogP contribution < -0.4 is 10.1 Å². The number of benzene rings is 2. The third-order valence-corrected chi connectivity index (χ3v) is 6.45. The minimum atomic E-state index is -3.89. The number of nitrogens with one attached hydrogen (secondary N) is 1. The standard InChI is InChI=1S/C20H21BrFN3O4S/c1-13(29-18-9-8-14(22)11-17(18)21)20(26)23-15-5-3-6-16(12-15)30(27,28)24-19-7-4-10-25(19)2/h3,5-6,8-9,11-13H,4,7,10H2,1-2H3,(H,23,26). The lowest BCUT2D eigenvalue weighted by molar-refractivity contribution is -0.122. The number of hydrogen-bond acceptors (Lipinski definition) is 4. The fourth-order valence-electron chi connectivity index (χ4n) is 2.89. The first kappa shape index (κ1) is 22.2. The van der Waals surface area contributed by atoms with Gasteiger partial charge in [-0.3, -0.25) is 4.79 Å². The summed E-state index contributed by atoms with van der Waals surface area (Å²) in [5.74, 6) is -0.0810. The lowest BCUT2D eigenvalue weighted by Crippen LogP contribution is -2.30. The molecule has 2 aromatic carbocycles. The van der Waals surface area contributed by atoms with E-state index in [9.17, 15) is 17.6 Å². The van der Waals surface area contributed by atoms with E-state index in [1.54, 1.807) is 13.1 Å². The molecule has 3 rings (SSSR count). The first-order chi connectivity index (χ1) is 14.2. The van der Waals surface area contributed by atoms with Crippen molar-refractivity contribution in [2.24, 2.45) is 4.40 Å². The van der Waals surface area contributed by atoms with E-state index in [-0.39, 0.29) is 4.90 Å². The molecule has 0 radical (unpaired) electrons. The van der Waals surface area contributed by atoms with Crippen LogP contribution in [-0.4, -0.2) is 44.8 Å². The van der Waals surface area contributed by atoms with Gasteiger partial charge in [0, 0.05) is 25.7 Å². The Morgan fingerprint density at radius 1 is 1.30 bits per heavy atom. The summed E-state index contributed by atoms with van der Waals surface area (Å²) in [6, 6.07) is 9.76. The van der Waals surface area contributed by atoms with Crippen molar-refractivity contribution in [1.29, 1.82) is 0 Å². The number of amidine groups is 1. The normalized spacial score (nSPS) is 16.5. The maximum atomic E-state index is 13.2. The minimum absolute atomic E-state index is 0.0112. The van der Waals surface area contributed by atoms with E-state index in [0.29, 0.717) is 28.2 Å². The van der Waals surface area contributed by atoms with Crippen LogP contribution in [0.5, 0.6) is 5.75 Å². The molecule has 1 aliphatic rings. The van der Waals surface area contributed by atoms with Crippen LogP contribution in [0.15, 0.2) is 56.2 Å². The molecule has 2 aromatic rings. The number of ether oxygens (including phenoxy) is 1. The highest BCUT2D eigenvalue weighted by Gasteiger charge is 2.21. The predicted octanol–water partition coefficient (Wildman–Crippen LogP) is 3.81. The van der Waals surface area contributed by atoms with Gasteiger partial charge in [0.1, 0.15) is 17.4 Å². The zero-order chi connectivity index (χ0) is 21.9. The molecule has 0 aliphatic carbocycles. The summed E-state index contributed by atoms with van der Waals surface area (Å²) in [6.45, 7) is 2.31. The molecule has 10 heteroatoms. The molecule has 160 valence electrons. The fraction of sp³-hybridized carbons (Fsp3) is 0.300. The Morgan fingerprint density at radius 3 is 2.73 bits per heavy atom. The highest BCUT2D eigenvalue weighted by Crippen LogP contribution is 2.27. The van der Waals surface area contributed by atoms with E-state index >= 15 is 0 Å². The molecule has 1 N–H and O–H groups in total. The van der Waals surface area contributed by atoms with Gasteiger partial charge in [0.25, 0.3) is 15.9 Å². The summed E-state index contributed by atoms with van der Waals surface area (Å²) >= 11 is 3.18.